The van der Waals surface area contributed by atoms with Crippen molar-refractivity contribution < 1.29 is 13.9 Å². The number of benzene rings is 2. The standard InChI is InChI=1S/C14H7ClFNO2/c15-11-3-1-10(8-18)14(5-11)19-12-4-2-9(7-17)13(16)6-12/h1-6,8H. The minimum atomic E-state index is -0.685. The van der Waals surface area contributed by atoms with Crippen molar-refractivity contribution in [3.05, 3.63) is 58.4 Å². The number of ether oxygens (including phenoxy) is 1. The molecule has 0 aliphatic rings. The lowest BCUT2D eigenvalue weighted by atomic mass is 10.2. The van der Waals surface area contributed by atoms with E-state index in [0.717, 1.165) is 6.07 Å². The Kier molecular flexibility index (Phi) is 3.79. The molecule has 2 aromatic rings. The SMILES string of the molecule is N#Cc1ccc(Oc2cc(Cl)ccc2C=O)cc1F. The van der Waals surface area contributed by atoms with E-state index in [4.69, 9.17) is 21.6 Å². The first-order valence-corrected chi connectivity index (χ1v) is 5.64. The molecule has 5 heteroatoms. The van der Waals surface area contributed by atoms with Crippen molar-refractivity contribution in [1.82, 2.24) is 0 Å². The van der Waals surface area contributed by atoms with E-state index < -0.39 is 5.82 Å². The molecule has 2 rings (SSSR count). The second kappa shape index (κ2) is 5.51. The number of rotatable bonds is 3. The molecular formula is C14H7ClFNO2. The summed E-state index contributed by atoms with van der Waals surface area (Å²) in [6.07, 6.45) is 0.617. The molecule has 0 spiro atoms. The molecule has 0 aromatic heterocycles. The summed E-state index contributed by atoms with van der Waals surface area (Å²) in [5.41, 5.74) is 0.225. The minimum Gasteiger partial charge on any atom is -0.456 e. The molecule has 0 atom stereocenters. The zero-order valence-corrected chi connectivity index (χ0v) is 10.3. The second-order valence-corrected chi connectivity index (χ2v) is 4.09. The lowest BCUT2D eigenvalue weighted by molar-refractivity contribution is 0.112. The predicted molar refractivity (Wildman–Crippen MR) is 68.0 cm³/mol. The molecule has 0 N–H and O–H groups in total. The van der Waals surface area contributed by atoms with Gasteiger partial charge in [0.1, 0.15) is 23.4 Å². The van der Waals surface area contributed by atoms with Gasteiger partial charge < -0.3 is 4.74 Å². The first-order valence-electron chi connectivity index (χ1n) is 5.26. The summed E-state index contributed by atoms with van der Waals surface area (Å²) in [5.74, 6) is -0.275. The first kappa shape index (κ1) is 13.1. The molecule has 0 aliphatic carbocycles. The zero-order valence-electron chi connectivity index (χ0n) is 9.56. The Morgan fingerprint density at radius 1 is 1.26 bits per heavy atom. The van der Waals surface area contributed by atoms with Crippen molar-refractivity contribution in [2.75, 3.05) is 0 Å². The smallest absolute Gasteiger partial charge is 0.153 e. The van der Waals surface area contributed by atoms with E-state index >= 15 is 0 Å². The summed E-state index contributed by atoms with van der Waals surface area (Å²) in [4.78, 5) is 10.9. The third kappa shape index (κ3) is 2.90. The van der Waals surface area contributed by atoms with Gasteiger partial charge in [-0.05, 0) is 24.3 Å². The van der Waals surface area contributed by atoms with E-state index in [0.29, 0.717) is 16.9 Å². The molecule has 0 saturated heterocycles. The number of hydrogen-bond acceptors (Lipinski definition) is 3. The summed E-state index contributed by atoms with van der Waals surface area (Å²) >= 11 is 5.81. The van der Waals surface area contributed by atoms with E-state index in [9.17, 15) is 9.18 Å². The lowest BCUT2D eigenvalue weighted by Crippen LogP contribution is -1.92. The van der Waals surface area contributed by atoms with Crippen LogP contribution in [0, 0.1) is 17.1 Å². The van der Waals surface area contributed by atoms with Crippen molar-refractivity contribution >= 4 is 17.9 Å². The van der Waals surface area contributed by atoms with Crippen LogP contribution in [-0.2, 0) is 0 Å². The Morgan fingerprint density at radius 3 is 2.68 bits per heavy atom. The number of carbonyl (C=O) groups excluding carboxylic acids is 1. The highest BCUT2D eigenvalue weighted by molar-refractivity contribution is 6.30. The molecule has 2 aromatic carbocycles. The third-order valence-electron chi connectivity index (χ3n) is 2.39. The summed E-state index contributed by atoms with van der Waals surface area (Å²) < 4.78 is 18.8. The molecule has 0 radical (unpaired) electrons. The van der Waals surface area contributed by atoms with Gasteiger partial charge >= 0.3 is 0 Å². The number of aldehydes is 1. The normalized spacial score (nSPS) is 9.74. The molecule has 3 nitrogen and oxygen atoms in total. The summed E-state index contributed by atoms with van der Waals surface area (Å²) in [6, 6.07) is 10.0. The van der Waals surface area contributed by atoms with Gasteiger partial charge in [0.05, 0.1) is 11.1 Å². The molecule has 0 heterocycles. The fourth-order valence-corrected chi connectivity index (χ4v) is 1.63. The number of nitrogens with zero attached hydrogens (tertiary/aromatic N) is 1. The quantitative estimate of drug-likeness (QED) is 0.797. The Labute approximate surface area is 113 Å². The van der Waals surface area contributed by atoms with E-state index in [2.05, 4.69) is 0 Å². The number of halogens is 2. The molecule has 0 amide bonds. The summed E-state index contributed by atoms with van der Waals surface area (Å²) in [7, 11) is 0. The lowest BCUT2D eigenvalue weighted by Gasteiger charge is -2.08. The maximum Gasteiger partial charge on any atom is 0.153 e. The molecule has 0 unspecified atom stereocenters. The van der Waals surface area contributed by atoms with Crippen LogP contribution in [-0.4, -0.2) is 6.29 Å². The van der Waals surface area contributed by atoms with Gasteiger partial charge in [0.2, 0.25) is 0 Å². The van der Waals surface area contributed by atoms with Gasteiger partial charge in [-0.3, -0.25) is 4.79 Å². The van der Waals surface area contributed by atoms with Crippen molar-refractivity contribution in [1.29, 1.82) is 5.26 Å². The van der Waals surface area contributed by atoms with Crippen molar-refractivity contribution in [2.24, 2.45) is 0 Å². The predicted octanol–water partition coefficient (Wildman–Crippen LogP) is 3.96. The fraction of sp³-hybridized carbons (Fsp3) is 0. The number of carbonyl (C=O) groups is 1. The van der Waals surface area contributed by atoms with Gasteiger partial charge in [-0.25, -0.2) is 4.39 Å². The minimum absolute atomic E-state index is 0.0749. The molecule has 19 heavy (non-hydrogen) atoms. The largest absolute Gasteiger partial charge is 0.456 e. The Hall–Kier alpha value is -2.38. The highest BCUT2D eigenvalue weighted by Gasteiger charge is 2.08. The van der Waals surface area contributed by atoms with Crippen LogP contribution in [0.3, 0.4) is 0 Å². The van der Waals surface area contributed by atoms with Crippen LogP contribution < -0.4 is 4.74 Å². The van der Waals surface area contributed by atoms with Gasteiger partial charge in [-0.15, -0.1) is 0 Å². The van der Waals surface area contributed by atoms with Crippen molar-refractivity contribution in [3.8, 4) is 17.6 Å². The molecular weight excluding hydrogens is 269 g/mol. The van der Waals surface area contributed by atoms with E-state index in [1.165, 1.54) is 24.3 Å². The zero-order chi connectivity index (χ0) is 13.8. The van der Waals surface area contributed by atoms with Crippen molar-refractivity contribution in [3.63, 3.8) is 0 Å². The van der Waals surface area contributed by atoms with Crippen LogP contribution in [0.5, 0.6) is 11.5 Å². The first-order chi connectivity index (χ1) is 9.13. The van der Waals surface area contributed by atoms with Gasteiger partial charge in [-0.1, -0.05) is 11.6 Å². The van der Waals surface area contributed by atoms with Gasteiger partial charge in [0, 0.05) is 17.2 Å². The van der Waals surface area contributed by atoms with Crippen LogP contribution in [0.25, 0.3) is 0 Å². The Bertz CT molecular complexity index is 680. The average Bonchev–Trinajstić information content (AvgIpc) is 2.39. The Morgan fingerprint density at radius 2 is 2.05 bits per heavy atom. The topological polar surface area (TPSA) is 50.1 Å². The molecule has 0 fully saturated rings. The molecule has 0 saturated carbocycles. The van der Waals surface area contributed by atoms with Crippen molar-refractivity contribution in [2.45, 2.75) is 0 Å². The Balaban J connectivity index is 2.36. The maximum absolute atomic E-state index is 13.4. The number of nitriles is 1. The summed E-state index contributed by atoms with van der Waals surface area (Å²) in [5, 5.41) is 9.02. The number of hydrogen-bond donors (Lipinski definition) is 0. The van der Waals surface area contributed by atoms with E-state index in [1.807, 2.05) is 0 Å². The highest BCUT2D eigenvalue weighted by atomic mass is 35.5. The van der Waals surface area contributed by atoms with Gasteiger partial charge in [-0.2, -0.15) is 5.26 Å². The maximum atomic E-state index is 13.4. The van der Waals surface area contributed by atoms with Gasteiger partial charge in [0.15, 0.2) is 6.29 Å². The highest BCUT2D eigenvalue weighted by Crippen LogP contribution is 2.28. The van der Waals surface area contributed by atoms with Crippen LogP contribution in [0.15, 0.2) is 36.4 Å². The second-order valence-electron chi connectivity index (χ2n) is 3.66. The monoisotopic (exact) mass is 275 g/mol. The van der Waals surface area contributed by atoms with Crippen LogP contribution in [0.1, 0.15) is 15.9 Å². The molecule has 94 valence electrons. The van der Waals surface area contributed by atoms with E-state index in [1.54, 1.807) is 12.1 Å². The van der Waals surface area contributed by atoms with Crippen LogP contribution in [0.2, 0.25) is 5.02 Å². The van der Waals surface area contributed by atoms with E-state index in [-0.39, 0.29) is 17.1 Å². The van der Waals surface area contributed by atoms with Gasteiger partial charge in [0.25, 0.3) is 0 Å². The summed E-state index contributed by atoms with van der Waals surface area (Å²) in [6.45, 7) is 0. The third-order valence-corrected chi connectivity index (χ3v) is 2.63. The molecule has 0 aliphatic heterocycles. The molecule has 0 bridgehead atoms. The van der Waals surface area contributed by atoms with Crippen LogP contribution >= 0.6 is 11.6 Å². The average molecular weight is 276 g/mol. The van der Waals surface area contributed by atoms with Crippen LogP contribution in [0.4, 0.5) is 4.39 Å². The fourth-order valence-electron chi connectivity index (χ4n) is 1.47.